The quantitative estimate of drug-likeness (QED) is 0.765. The molecule has 1 heterocycles. The highest BCUT2D eigenvalue weighted by atomic mass is 35.5. The van der Waals surface area contributed by atoms with Crippen LogP contribution in [0.5, 0.6) is 0 Å². The molecule has 0 atom stereocenters. The molecule has 5 heteroatoms. The SMILES string of the molecule is CC(C)CN(C)c1nc(Cl)c(Cl)cc1Cl. The summed E-state index contributed by atoms with van der Waals surface area (Å²) >= 11 is 17.7. The van der Waals surface area contributed by atoms with Crippen LogP contribution < -0.4 is 4.90 Å². The third kappa shape index (κ3) is 3.40. The standard InChI is InChI=1S/C10H13Cl3N2/c1-6(2)5-15(3)10-8(12)4-7(11)9(13)14-10/h4,6H,5H2,1-3H3. The summed E-state index contributed by atoms with van der Waals surface area (Å²) in [7, 11) is 1.93. The normalized spacial score (nSPS) is 10.9. The highest BCUT2D eigenvalue weighted by Crippen LogP contribution is 2.30. The molecule has 0 fully saturated rings. The fourth-order valence-corrected chi connectivity index (χ4v) is 1.97. The number of aromatic nitrogens is 1. The fourth-order valence-electron chi connectivity index (χ4n) is 1.34. The van der Waals surface area contributed by atoms with E-state index in [4.69, 9.17) is 34.8 Å². The Balaban J connectivity index is 2.98. The minimum Gasteiger partial charge on any atom is -0.358 e. The smallest absolute Gasteiger partial charge is 0.150 e. The van der Waals surface area contributed by atoms with Crippen molar-refractivity contribution < 1.29 is 0 Å². The summed E-state index contributed by atoms with van der Waals surface area (Å²) in [5.41, 5.74) is 0. The molecule has 15 heavy (non-hydrogen) atoms. The van der Waals surface area contributed by atoms with Gasteiger partial charge in [-0.1, -0.05) is 48.7 Å². The van der Waals surface area contributed by atoms with Crippen molar-refractivity contribution >= 4 is 40.6 Å². The molecule has 1 aromatic rings. The summed E-state index contributed by atoms with van der Waals surface area (Å²) in [6.45, 7) is 5.12. The zero-order valence-electron chi connectivity index (χ0n) is 8.89. The number of pyridine rings is 1. The van der Waals surface area contributed by atoms with Gasteiger partial charge in [0, 0.05) is 13.6 Å². The molecule has 1 aromatic heterocycles. The maximum atomic E-state index is 6.03. The van der Waals surface area contributed by atoms with Crippen molar-refractivity contribution in [3.05, 3.63) is 21.3 Å². The summed E-state index contributed by atoms with van der Waals surface area (Å²) in [6.07, 6.45) is 0. The second-order valence-electron chi connectivity index (χ2n) is 3.84. The number of nitrogens with zero attached hydrogens (tertiary/aromatic N) is 2. The molecule has 0 amide bonds. The van der Waals surface area contributed by atoms with Crippen LogP contribution in [0.4, 0.5) is 5.82 Å². The van der Waals surface area contributed by atoms with Crippen molar-refractivity contribution in [3.63, 3.8) is 0 Å². The van der Waals surface area contributed by atoms with Crippen LogP contribution >= 0.6 is 34.8 Å². The van der Waals surface area contributed by atoms with E-state index in [1.54, 1.807) is 6.07 Å². The molecule has 0 N–H and O–H groups in total. The van der Waals surface area contributed by atoms with E-state index in [1.165, 1.54) is 0 Å². The molecule has 1 rings (SSSR count). The second kappa shape index (κ2) is 5.24. The van der Waals surface area contributed by atoms with Gasteiger partial charge in [-0.3, -0.25) is 0 Å². The van der Waals surface area contributed by atoms with E-state index in [2.05, 4.69) is 18.8 Å². The van der Waals surface area contributed by atoms with Gasteiger partial charge in [0.1, 0.15) is 11.0 Å². The molecule has 0 unspecified atom stereocenters. The minimum absolute atomic E-state index is 0.284. The average molecular weight is 268 g/mol. The van der Waals surface area contributed by atoms with Gasteiger partial charge < -0.3 is 4.90 Å². The highest BCUT2D eigenvalue weighted by molar-refractivity contribution is 6.42. The summed E-state index contributed by atoms with van der Waals surface area (Å²) in [6, 6.07) is 1.62. The maximum absolute atomic E-state index is 6.03. The largest absolute Gasteiger partial charge is 0.358 e. The lowest BCUT2D eigenvalue weighted by Gasteiger charge is -2.21. The highest BCUT2D eigenvalue weighted by Gasteiger charge is 2.12. The molecule has 0 aliphatic rings. The van der Waals surface area contributed by atoms with Crippen molar-refractivity contribution in [1.29, 1.82) is 0 Å². The molecule has 84 valence electrons. The van der Waals surface area contributed by atoms with Gasteiger partial charge in [0.15, 0.2) is 0 Å². The molecule has 0 saturated heterocycles. The molecule has 0 saturated carbocycles. The van der Waals surface area contributed by atoms with E-state index in [-0.39, 0.29) is 5.15 Å². The number of halogens is 3. The van der Waals surface area contributed by atoms with E-state index in [9.17, 15) is 0 Å². The van der Waals surface area contributed by atoms with Crippen molar-refractivity contribution in [2.75, 3.05) is 18.5 Å². The first-order chi connectivity index (χ1) is 6.91. The topological polar surface area (TPSA) is 16.1 Å². The lowest BCUT2D eigenvalue weighted by molar-refractivity contribution is 0.635. The number of hydrogen-bond acceptors (Lipinski definition) is 2. The lowest BCUT2D eigenvalue weighted by atomic mass is 10.2. The van der Waals surface area contributed by atoms with Crippen LogP contribution in [0.15, 0.2) is 6.07 Å². The predicted molar refractivity (Wildman–Crippen MR) is 67.4 cm³/mol. The molecule has 0 radical (unpaired) electrons. The maximum Gasteiger partial charge on any atom is 0.150 e. The van der Waals surface area contributed by atoms with E-state index in [0.717, 1.165) is 6.54 Å². The number of hydrogen-bond donors (Lipinski definition) is 0. The van der Waals surface area contributed by atoms with Gasteiger partial charge in [-0.15, -0.1) is 0 Å². The molecule has 0 aliphatic heterocycles. The van der Waals surface area contributed by atoms with Gasteiger partial charge in [-0.05, 0) is 12.0 Å². The van der Waals surface area contributed by atoms with Gasteiger partial charge in [-0.25, -0.2) is 4.98 Å². The van der Waals surface area contributed by atoms with Gasteiger partial charge in [0.05, 0.1) is 10.0 Å². The van der Waals surface area contributed by atoms with Crippen LogP contribution in [0, 0.1) is 5.92 Å². The summed E-state index contributed by atoms with van der Waals surface area (Å²) in [5.74, 6) is 1.20. The molecule has 0 aromatic carbocycles. The third-order valence-corrected chi connectivity index (χ3v) is 2.82. The van der Waals surface area contributed by atoms with Gasteiger partial charge in [0.25, 0.3) is 0 Å². The van der Waals surface area contributed by atoms with Crippen LogP contribution in [-0.2, 0) is 0 Å². The van der Waals surface area contributed by atoms with Crippen molar-refractivity contribution in [3.8, 4) is 0 Å². The van der Waals surface area contributed by atoms with Gasteiger partial charge >= 0.3 is 0 Å². The van der Waals surface area contributed by atoms with E-state index >= 15 is 0 Å². The molecular weight excluding hydrogens is 254 g/mol. The Morgan fingerprint density at radius 1 is 1.27 bits per heavy atom. The third-order valence-electron chi connectivity index (χ3n) is 1.87. The van der Waals surface area contributed by atoms with Crippen LogP contribution in [0.1, 0.15) is 13.8 Å². The Labute approximate surface area is 105 Å². The Kier molecular flexibility index (Phi) is 4.50. The van der Waals surface area contributed by atoms with Crippen molar-refractivity contribution in [1.82, 2.24) is 4.98 Å². The summed E-state index contributed by atoms with van der Waals surface area (Å²) in [5, 5.41) is 1.18. The summed E-state index contributed by atoms with van der Waals surface area (Å²) < 4.78 is 0. The molecule has 0 aliphatic carbocycles. The first-order valence-electron chi connectivity index (χ1n) is 4.64. The molecular formula is C10H13Cl3N2. The Bertz CT molecular complexity index is 353. The molecule has 0 bridgehead atoms. The van der Waals surface area contributed by atoms with Crippen LogP contribution in [0.2, 0.25) is 15.2 Å². The Morgan fingerprint density at radius 2 is 1.87 bits per heavy atom. The van der Waals surface area contributed by atoms with E-state index in [0.29, 0.717) is 21.8 Å². The van der Waals surface area contributed by atoms with E-state index < -0.39 is 0 Å². The zero-order valence-corrected chi connectivity index (χ0v) is 11.2. The Hall–Kier alpha value is -0.180. The second-order valence-corrected chi connectivity index (χ2v) is 5.01. The predicted octanol–water partition coefficient (Wildman–Crippen LogP) is 4.13. The summed E-state index contributed by atoms with van der Waals surface area (Å²) in [4.78, 5) is 6.12. The lowest BCUT2D eigenvalue weighted by Crippen LogP contribution is -2.23. The fraction of sp³-hybridized carbons (Fsp3) is 0.500. The van der Waals surface area contributed by atoms with Crippen LogP contribution in [0.3, 0.4) is 0 Å². The first kappa shape index (κ1) is 12.9. The van der Waals surface area contributed by atoms with Crippen LogP contribution in [-0.4, -0.2) is 18.6 Å². The molecule has 2 nitrogen and oxygen atoms in total. The first-order valence-corrected chi connectivity index (χ1v) is 5.78. The van der Waals surface area contributed by atoms with Crippen molar-refractivity contribution in [2.45, 2.75) is 13.8 Å². The van der Waals surface area contributed by atoms with E-state index in [1.807, 2.05) is 11.9 Å². The molecule has 0 spiro atoms. The van der Waals surface area contributed by atoms with Gasteiger partial charge in [0.2, 0.25) is 0 Å². The van der Waals surface area contributed by atoms with Gasteiger partial charge in [-0.2, -0.15) is 0 Å². The number of anilines is 1. The monoisotopic (exact) mass is 266 g/mol. The van der Waals surface area contributed by atoms with Crippen molar-refractivity contribution in [2.24, 2.45) is 5.92 Å². The average Bonchev–Trinajstić information content (AvgIpc) is 2.09. The minimum atomic E-state index is 0.284. The zero-order chi connectivity index (χ0) is 11.6. The van der Waals surface area contributed by atoms with Crippen LogP contribution in [0.25, 0.3) is 0 Å². The Morgan fingerprint density at radius 3 is 2.40 bits per heavy atom. The number of rotatable bonds is 3.